The molecule has 2 saturated heterocycles. The molecule has 0 radical (unpaired) electrons. The first kappa shape index (κ1) is 22.4. The van der Waals surface area contributed by atoms with E-state index in [0.29, 0.717) is 44.8 Å². The summed E-state index contributed by atoms with van der Waals surface area (Å²) in [7, 11) is -3.62. The van der Waals surface area contributed by atoms with E-state index in [1.54, 1.807) is 28.0 Å². The zero-order chi connectivity index (χ0) is 22.7. The van der Waals surface area contributed by atoms with Crippen LogP contribution >= 0.6 is 0 Å². The molecule has 0 aliphatic carbocycles. The van der Waals surface area contributed by atoms with Crippen molar-refractivity contribution in [3.8, 4) is 0 Å². The fourth-order valence-corrected chi connectivity index (χ4v) is 5.71. The summed E-state index contributed by atoms with van der Waals surface area (Å²) in [5, 5.41) is 0. The first-order valence-electron chi connectivity index (χ1n) is 10.8. The number of sulfonamides is 1. The van der Waals surface area contributed by atoms with E-state index < -0.39 is 15.8 Å². The Labute approximate surface area is 187 Å². The van der Waals surface area contributed by atoms with Crippen LogP contribution in [0.4, 0.5) is 4.39 Å². The van der Waals surface area contributed by atoms with Crippen molar-refractivity contribution >= 4 is 21.8 Å². The second-order valence-electron chi connectivity index (χ2n) is 8.09. The standard InChI is InChI=1S/C23H26FN3O4S/c24-20-8-4-6-18(16-20)22(28)25-12-14-26(15-13-25)23(29)19-7-5-9-21(17-19)32(30,31)27-10-2-1-3-11-27/h4-9,16-17H,1-3,10-15H2. The molecule has 4 rings (SSSR count). The molecule has 0 unspecified atom stereocenters. The second-order valence-corrected chi connectivity index (χ2v) is 10.0. The highest BCUT2D eigenvalue weighted by atomic mass is 32.2. The summed E-state index contributed by atoms with van der Waals surface area (Å²) in [6.45, 7) is 2.30. The third-order valence-corrected chi connectivity index (χ3v) is 7.85. The molecule has 2 fully saturated rings. The molecular formula is C23H26FN3O4S. The molecule has 2 aliphatic rings. The van der Waals surface area contributed by atoms with Crippen LogP contribution in [0, 0.1) is 5.82 Å². The van der Waals surface area contributed by atoms with Crippen LogP contribution < -0.4 is 0 Å². The third-order valence-electron chi connectivity index (χ3n) is 5.96. The number of nitrogens with zero attached hydrogens (tertiary/aromatic N) is 3. The van der Waals surface area contributed by atoms with Crippen LogP contribution in [0.3, 0.4) is 0 Å². The topological polar surface area (TPSA) is 78.0 Å². The maximum Gasteiger partial charge on any atom is 0.254 e. The van der Waals surface area contributed by atoms with E-state index in [-0.39, 0.29) is 22.3 Å². The molecular weight excluding hydrogens is 433 g/mol. The van der Waals surface area contributed by atoms with Crippen molar-refractivity contribution in [2.24, 2.45) is 0 Å². The summed E-state index contributed by atoms with van der Waals surface area (Å²) in [6.07, 6.45) is 2.71. The van der Waals surface area contributed by atoms with E-state index in [1.807, 2.05) is 0 Å². The van der Waals surface area contributed by atoms with Gasteiger partial charge in [0.15, 0.2) is 0 Å². The summed E-state index contributed by atoms with van der Waals surface area (Å²) in [5.74, 6) is -1.01. The Morgan fingerprint density at radius 2 is 1.25 bits per heavy atom. The van der Waals surface area contributed by atoms with Gasteiger partial charge in [0.1, 0.15) is 5.82 Å². The number of hydrogen-bond donors (Lipinski definition) is 0. The van der Waals surface area contributed by atoms with Gasteiger partial charge >= 0.3 is 0 Å². The SMILES string of the molecule is O=C(c1cccc(F)c1)N1CCN(C(=O)c2cccc(S(=O)(=O)N3CCCCC3)c2)CC1. The molecule has 7 nitrogen and oxygen atoms in total. The van der Waals surface area contributed by atoms with Gasteiger partial charge < -0.3 is 9.80 Å². The number of halogens is 1. The Balaban J connectivity index is 1.42. The van der Waals surface area contributed by atoms with Crippen LogP contribution in [-0.2, 0) is 10.0 Å². The van der Waals surface area contributed by atoms with E-state index in [9.17, 15) is 22.4 Å². The van der Waals surface area contributed by atoms with Gasteiger partial charge in [-0.15, -0.1) is 0 Å². The van der Waals surface area contributed by atoms with Crippen molar-refractivity contribution < 1.29 is 22.4 Å². The molecule has 9 heteroatoms. The lowest BCUT2D eigenvalue weighted by Gasteiger charge is -2.35. The highest BCUT2D eigenvalue weighted by Gasteiger charge is 2.29. The average Bonchev–Trinajstić information content (AvgIpc) is 2.84. The fraction of sp³-hybridized carbons (Fsp3) is 0.391. The fourth-order valence-electron chi connectivity index (χ4n) is 4.14. The third kappa shape index (κ3) is 4.68. The van der Waals surface area contributed by atoms with Crippen molar-refractivity contribution in [1.29, 1.82) is 0 Å². The normalized spacial score (nSPS) is 17.9. The van der Waals surface area contributed by atoms with E-state index in [1.165, 1.54) is 34.6 Å². The number of piperidine rings is 1. The van der Waals surface area contributed by atoms with Crippen LogP contribution in [0.5, 0.6) is 0 Å². The first-order chi connectivity index (χ1) is 15.4. The maximum absolute atomic E-state index is 13.4. The molecule has 2 aromatic carbocycles. The molecule has 0 atom stereocenters. The molecule has 2 amide bonds. The molecule has 2 aromatic rings. The molecule has 0 spiro atoms. The monoisotopic (exact) mass is 459 g/mol. The van der Waals surface area contributed by atoms with Crippen LogP contribution in [-0.4, -0.2) is 73.6 Å². The quantitative estimate of drug-likeness (QED) is 0.704. The minimum Gasteiger partial charge on any atom is -0.335 e. The van der Waals surface area contributed by atoms with Gasteiger partial charge in [0.05, 0.1) is 4.90 Å². The minimum absolute atomic E-state index is 0.130. The Morgan fingerprint density at radius 3 is 1.81 bits per heavy atom. The predicted molar refractivity (Wildman–Crippen MR) is 117 cm³/mol. The van der Waals surface area contributed by atoms with Gasteiger partial charge in [0, 0.05) is 50.4 Å². The van der Waals surface area contributed by atoms with Gasteiger partial charge in [-0.1, -0.05) is 18.6 Å². The Kier molecular flexibility index (Phi) is 6.57. The van der Waals surface area contributed by atoms with Crippen molar-refractivity contribution in [1.82, 2.24) is 14.1 Å². The van der Waals surface area contributed by atoms with Crippen molar-refractivity contribution in [2.45, 2.75) is 24.2 Å². The first-order valence-corrected chi connectivity index (χ1v) is 12.2. The zero-order valence-electron chi connectivity index (χ0n) is 17.7. The number of rotatable bonds is 4. The molecule has 0 aromatic heterocycles. The average molecular weight is 460 g/mol. The molecule has 2 heterocycles. The van der Waals surface area contributed by atoms with Crippen LogP contribution in [0.15, 0.2) is 53.4 Å². The maximum atomic E-state index is 13.4. The lowest BCUT2D eigenvalue weighted by molar-refractivity contribution is 0.0535. The summed E-state index contributed by atoms with van der Waals surface area (Å²) >= 11 is 0. The molecule has 170 valence electrons. The van der Waals surface area contributed by atoms with Gasteiger partial charge in [0.2, 0.25) is 10.0 Å². The van der Waals surface area contributed by atoms with Gasteiger partial charge in [-0.25, -0.2) is 12.8 Å². The summed E-state index contributed by atoms with van der Waals surface area (Å²) in [5.41, 5.74) is 0.591. The second kappa shape index (κ2) is 9.38. The molecule has 0 N–H and O–H groups in total. The smallest absolute Gasteiger partial charge is 0.254 e. The minimum atomic E-state index is -3.62. The summed E-state index contributed by atoms with van der Waals surface area (Å²) < 4.78 is 40.8. The van der Waals surface area contributed by atoms with E-state index >= 15 is 0 Å². The van der Waals surface area contributed by atoms with Gasteiger partial charge in [-0.3, -0.25) is 9.59 Å². The lowest BCUT2D eigenvalue weighted by atomic mass is 10.1. The zero-order valence-corrected chi connectivity index (χ0v) is 18.6. The highest BCUT2D eigenvalue weighted by Crippen LogP contribution is 2.22. The Morgan fingerprint density at radius 1 is 0.719 bits per heavy atom. The highest BCUT2D eigenvalue weighted by molar-refractivity contribution is 7.89. The van der Waals surface area contributed by atoms with Crippen LogP contribution in [0.1, 0.15) is 40.0 Å². The van der Waals surface area contributed by atoms with Gasteiger partial charge in [-0.2, -0.15) is 4.31 Å². The molecule has 2 aliphatic heterocycles. The number of hydrogen-bond acceptors (Lipinski definition) is 4. The van der Waals surface area contributed by atoms with Crippen molar-refractivity contribution in [3.05, 3.63) is 65.5 Å². The predicted octanol–water partition coefficient (Wildman–Crippen LogP) is 2.60. The number of carbonyl (C=O) groups excluding carboxylic acids is 2. The van der Waals surface area contributed by atoms with Gasteiger partial charge in [0.25, 0.3) is 11.8 Å². The molecule has 32 heavy (non-hydrogen) atoms. The van der Waals surface area contributed by atoms with E-state index in [4.69, 9.17) is 0 Å². The van der Waals surface area contributed by atoms with E-state index in [2.05, 4.69) is 0 Å². The number of carbonyl (C=O) groups is 2. The number of benzene rings is 2. The Hall–Kier alpha value is -2.78. The summed E-state index contributed by atoms with van der Waals surface area (Å²) in [4.78, 5) is 28.9. The van der Waals surface area contributed by atoms with Crippen molar-refractivity contribution in [2.75, 3.05) is 39.3 Å². The Bertz CT molecular complexity index is 1110. The molecule has 0 bridgehead atoms. The summed E-state index contributed by atoms with van der Waals surface area (Å²) in [6, 6.07) is 11.7. The van der Waals surface area contributed by atoms with Gasteiger partial charge in [-0.05, 0) is 49.2 Å². The van der Waals surface area contributed by atoms with E-state index in [0.717, 1.165) is 19.3 Å². The molecule has 0 saturated carbocycles. The number of amides is 2. The van der Waals surface area contributed by atoms with Crippen LogP contribution in [0.2, 0.25) is 0 Å². The number of piperazine rings is 1. The van der Waals surface area contributed by atoms with Crippen molar-refractivity contribution in [3.63, 3.8) is 0 Å². The van der Waals surface area contributed by atoms with Crippen LogP contribution in [0.25, 0.3) is 0 Å². The largest absolute Gasteiger partial charge is 0.335 e. The lowest BCUT2D eigenvalue weighted by Crippen LogP contribution is -2.50.